The zero-order valence-corrected chi connectivity index (χ0v) is 16.9. The summed E-state index contributed by atoms with van der Waals surface area (Å²) in [5.41, 5.74) is 4.95. The molecule has 0 radical (unpaired) electrons. The van der Waals surface area contributed by atoms with Crippen molar-refractivity contribution in [3.63, 3.8) is 0 Å². The van der Waals surface area contributed by atoms with Gasteiger partial charge in [0.2, 0.25) is 5.12 Å². The largest absolute Gasteiger partial charge is 0.302 e. The molecule has 25 heavy (non-hydrogen) atoms. The molecule has 0 bridgehead atoms. The second-order valence-electron chi connectivity index (χ2n) is 5.67. The van der Waals surface area contributed by atoms with Crippen molar-refractivity contribution in [1.82, 2.24) is 4.57 Å². The second kappa shape index (κ2) is 8.45. The second-order valence-corrected chi connectivity index (χ2v) is 7.28. The highest BCUT2D eigenvalue weighted by atomic mass is 32.2. The highest BCUT2D eigenvalue weighted by Crippen LogP contribution is 2.25. The number of thioether (sulfide) groups is 1. The number of carbonyl (C=O) groups is 1. The minimum Gasteiger partial charge on any atom is -0.302 e. The van der Waals surface area contributed by atoms with Gasteiger partial charge in [0.05, 0.1) is 5.52 Å². The fourth-order valence-electron chi connectivity index (χ4n) is 2.92. The quantitative estimate of drug-likeness (QED) is 0.470. The first-order valence-corrected chi connectivity index (χ1v) is 9.60. The van der Waals surface area contributed by atoms with Crippen LogP contribution in [0.4, 0.5) is 0 Å². The van der Waals surface area contributed by atoms with Gasteiger partial charge < -0.3 is 4.57 Å². The van der Waals surface area contributed by atoms with Crippen molar-refractivity contribution in [2.24, 2.45) is 0 Å². The van der Waals surface area contributed by atoms with Crippen LogP contribution < -0.4 is 0 Å². The maximum atomic E-state index is 12.7. The van der Waals surface area contributed by atoms with E-state index in [9.17, 15) is 4.79 Å². The Morgan fingerprint density at radius 1 is 1.00 bits per heavy atom. The molecule has 0 fully saturated rings. The van der Waals surface area contributed by atoms with Crippen LogP contribution in [0.15, 0.2) is 48.7 Å². The zero-order chi connectivity index (χ0) is 18.6. The Kier molecular flexibility index (Phi) is 6.57. The topological polar surface area (TPSA) is 22.0 Å². The number of aromatic nitrogens is 1. The Hall–Kier alpha value is -1.91. The summed E-state index contributed by atoms with van der Waals surface area (Å²) >= 11 is 6.61. The Morgan fingerprint density at radius 3 is 2.24 bits per heavy atom. The Bertz CT molecular complexity index is 902. The van der Waals surface area contributed by atoms with Gasteiger partial charge in [0.25, 0.3) is 0 Å². The minimum absolute atomic E-state index is 0.00258. The number of hydrogen-bond donors (Lipinski definition) is 0. The number of fused-ring (bicyclic) bond motifs is 1. The molecule has 0 unspecified atom stereocenters. The first-order valence-electron chi connectivity index (χ1n) is 8.38. The molecule has 0 amide bonds. The molecular formula is C21H23NOS2. The number of rotatable bonds is 1. The van der Waals surface area contributed by atoms with Crippen LogP contribution in [0.1, 0.15) is 40.9 Å². The number of aryl methyl sites for hydroxylation is 3. The van der Waals surface area contributed by atoms with Crippen molar-refractivity contribution in [3.05, 3.63) is 70.9 Å². The van der Waals surface area contributed by atoms with Crippen molar-refractivity contribution in [3.8, 4) is 0 Å². The van der Waals surface area contributed by atoms with Gasteiger partial charge in [-0.15, -0.1) is 0 Å². The molecule has 0 aliphatic rings. The number of thiocarbonyl (C=S) groups is 1. The summed E-state index contributed by atoms with van der Waals surface area (Å²) in [7, 11) is 0. The highest BCUT2D eigenvalue weighted by molar-refractivity contribution is 8.33. The zero-order valence-electron chi connectivity index (χ0n) is 15.3. The van der Waals surface area contributed by atoms with E-state index in [1.165, 1.54) is 5.56 Å². The summed E-state index contributed by atoms with van der Waals surface area (Å²) in [6.07, 6.45) is 1.92. The maximum Gasteiger partial charge on any atom is 0.226 e. The maximum absolute atomic E-state index is 12.7. The lowest BCUT2D eigenvalue weighted by Gasteiger charge is -2.11. The number of benzene rings is 2. The number of hydrogen-bond acceptors (Lipinski definition) is 3. The van der Waals surface area contributed by atoms with Gasteiger partial charge >= 0.3 is 0 Å². The summed E-state index contributed by atoms with van der Waals surface area (Å²) < 4.78 is 2.45. The van der Waals surface area contributed by atoms with E-state index < -0.39 is 0 Å². The number of para-hydroxylation sites is 1. The Morgan fingerprint density at radius 2 is 1.60 bits per heavy atom. The summed E-state index contributed by atoms with van der Waals surface area (Å²) in [5, 5.41) is 1.12. The summed E-state index contributed by atoms with van der Waals surface area (Å²) in [6, 6.07) is 14.1. The van der Waals surface area contributed by atoms with Crippen LogP contribution in [0.25, 0.3) is 10.9 Å². The predicted molar refractivity (Wildman–Crippen MR) is 114 cm³/mol. The van der Waals surface area contributed by atoms with Crippen LogP contribution in [-0.2, 0) is 0 Å². The normalized spacial score (nSPS) is 10.3. The van der Waals surface area contributed by atoms with Crippen LogP contribution in [0.3, 0.4) is 0 Å². The number of carbonyl (C=O) groups excluding carboxylic acids is 1. The van der Waals surface area contributed by atoms with Crippen molar-refractivity contribution >= 4 is 44.3 Å². The van der Waals surface area contributed by atoms with Crippen LogP contribution in [-0.4, -0.2) is 14.0 Å². The van der Waals surface area contributed by atoms with Crippen LogP contribution in [0, 0.1) is 20.8 Å². The molecule has 0 aliphatic heterocycles. The van der Waals surface area contributed by atoms with Crippen molar-refractivity contribution in [1.29, 1.82) is 0 Å². The van der Waals surface area contributed by atoms with Gasteiger partial charge in [-0.3, -0.25) is 4.79 Å². The lowest BCUT2D eigenvalue weighted by Crippen LogP contribution is -2.09. The van der Waals surface area contributed by atoms with Gasteiger partial charge in [0, 0.05) is 11.8 Å². The lowest BCUT2D eigenvalue weighted by molar-refractivity contribution is 0.108. The first-order chi connectivity index (χ1) is 12.0. The Labute approximate surface area is 159 Å². The third-order valence-corrected chi connectivity index (χ3v) is 5.06. The van der Waals surface area contributed by atoms with E-state index in [0.717, 1.165) is 39.4 Å². The molecule has 1 aromatic heterocycles. The fourth-order valence-corrected chi connectivity index (χ4v) is 4.15. The first kappa shape index (κ1) is 19.4. The standard InChI is InChI=1S/C19H17NOS2.C2H6/c1-12-10-13(2)17(14(3)11-12)18(21)23-19(22)20-9-8-15-6-4-5-7-16(15)20;1-2/h4-11H,1-3H3;1-2H3. The molecule has 4 heteroatoms. The van der Waals surface area contributed by atoms with E-state index in [4.69, 9.17) is 12.2 Å². The molecular weight excluding hydrogens is 346 g/mol. The molecule has 0 N–H and O–H groups in total. The van der Waals surface area contributed by atoms with Gasteiger partial charge in [-0.1, -0.05) is 62.0 Å². The van der Waals surface area contributed by atoms with Crippen LogP contribution in [0.2, 0.25) is 0 Å². The van der Waals surface area contributed by atoms with E-state index >= 15 is 0 Å². The van der Waals surface area contributed by atoms with Gasteiger partial charge in [-0.25, -0.2) is 0 Å². The van der Waals surface area contributed by atoms with E-state index in [0.29, 0.717) is 4.32 Å². The molecule has 0 atom stereocenters. The Balaban J connectivity index is 0.00000109. The fraction of sp³-hybridized carbons (Fsp3) is 0.238. The van der Waals surface area contributed by atoms with E-state index in [2.05, 4.69) is 0 Å². The minimum atomic E-state index is 0.00258. The molecule has 0 aliphatic carbocycles. The van der Waals surface area contributed by atoms with E-state index in [-0.39, 0.29) is 5.12 Å². The average molecular weight is 370 g/mol. The van der Waals surface area contributed by atoms with Crippen LogP contribution in [0.5, 0.6) is 0 Å². The SMILES string of the molecule is CC.Cc1cc(C)c(C(=O)SC(=S)n2ccc3ccccc32)c(C)c1. The van der Waals surface area contributed by atoms with Crippen LogP contribution >= 0.6 is 24.0 Å². The lowest BCUT2D eigenvalue weighted by atomic mass is 10.0. The summed E-state index contributed by atoms with van der Waals surface area (Å²) in [5.74, 6) is 0. The molecule has 1 heterocycles. The molecule has 3 aromatic rings. The van der Waals surface area contributed by atoms with Crippen molar-refractivity contribution < 1.29 is 4.79 Å². The smallest absolute Gasteiger partial charge is 0.226 e. The molecule has 3 rings (SSSR count). The van der Waals surface area contributed by atoms with E-state index in [1.807, 2.05) is 87.8 Å². The predicted octanol–water partition coefficient (Wildman–Crippen LogP) is 6.30. The van der Waals surface area contributed by atoms with Crippen molar-refractivity contribution in [2.45, 2.75) is 34.6 Å². The van der Waals surface area contributed by atoms with E-state index in [1.54, 1.807) is 0 Å². The third-order valence-electron chi connectivity index (χ3n) is 3.86. The van der Waals surface area contributed by atoms with Gasteiger partial charge in [0.1, 0.15) is 0 Å². The summed E-state index contributed by atoms with van der Waals surface area (Å²) in [4.78, 5) is 12.7. The molecule has 2 nitrogen and oxygen atoms in total. The molecule has 0 spiro atoms. The highest BCUT2D eigenvalue weighted by Gasteiger charge is 2.17. The average Bonchev–Trinajstić information content (AvgIpc) is 2.99. The number of nitrogens with zero attached hydrogens (tertiary/aromatic N) is 1. The van der Waals surface area contributed by atoms with Gasteiger partial charge in [-0.2, -0.15) is 0 Å². The van der Waals surface area contributed by atoms with Crippen molar-refractivity contribution in [2.75, 3.05) is 0 Å². The molecule has 130 valence electrons. The molecule has 0 saturated heterocycles. The summed E-state index contributed by atoms with van der Waals surface area (Å²) in [6.45, 7) is 9.99. The monoisotopic (exact) mass is 369 g/mol. The van der Waals surface area contributed by atoms with Gasteiger partial charge in [-0.05, 0) is 61.2 Å². The molecule has 0 saturated carbocycles. The molecule has 2 aromatic carbocycles. The third kappa shape index (κ3) is 4.20. The van der Waals surface area contributed by atoms with Gasteiger partial charge in [0.15, 0.2) is 4.32 Å².